The van der Waals surface area contributed by atoms with Crippen molar-refractivity contribution in [1.82, 2.24) is 15.1 Å². The first-order chi connectivity index (χ1) is 14.0. The van der Waals surface area contributed by atoms with Crippen molar-refractivity contribution in [3.05, 3.63) is 41.1 Å². The number of hydrogen-bond acceptors (Lipinski definition) is 7. The van der Waals surface area contributed by atoms with Crippen LogP contribution in [0.5, 0.6) is 5.75 Å². The Labute approximate surface area is 172 Å². The summed E-state index contributed by atoms with van der Waals surface area (Å²) in [5.41, 5.74) is 2.56. The molecular weight excluding hydrogens is 396 g/mol. The number of carbonyl (C=O) groups excluding carboxylic acids is 3. The molecule has 0 saturated heterocycles. The smallest absolute Gasteiger partial charge is 0.397 e. The summed E-state index contributed by atoms with van der Waals surface area (Å²) in [6.45, 7) is 2.00. The van der Waals surface area contributed by atoms with Gasteiger partial charge in [-0.25, -0.2) is 9.48 Å². The number of anilines is 1. The van der Waals surface area contributed by atoms with Gasteiger partial charge < -0.3 is 20.1 Å². The van der Waals surface area contributed by atoms with Crippen LogP contribution in [0.1, 0.15) is 23.7 Å². The summed E-state index contributed by atoms with van der Waals surface area (Å²) in [4.78, 5) is 36.1. The van der Waals surface area contributed by atoms with Gasteiger partial charge in [0.1, 0.15) is 18.1 Å². The Balaban J connectivity index is 1.65. The second-order valence-corrected chi connectivity index (χ2v) is 7.21. The lowest BCUT2D eigenvalue weighted by Crippen LogP contribution is -2.30. The molecule has 0 fully saturated rings. The minimum atomic E-state index is -0.969. The fourth-order valence-corrected chi connectivity index (χ4v) is 3.85. The van der Waals surface area contributed by atoms with Gasteiger partial charge in [-0.1, -0.05) is 12.1 Å². The maximum Gasteiger partial charge on any atom is 0.397 e. The lowest BCUT2D eigenvalue weighted by Gasteiger charge is -2.11. The number of methoxy groups -OCH3 is 1. The van der Waals surface area contributed by atoms with Crippen LogP contribution in [0.4, 0.5) is 5.82 Å². The lowest BCUT2D eigenvalue weighted by molar-refractivity contribution is -0.152. The number of thioether (sulfide) groups is 1. The number of amides is 2. The zero-order valence-electron chi connectivity index (χ0n) is 16.2. The van der Waals surface area contributed by atoms with Crippen molar-refractivity contribution in [3.8, 4) is 5.75 Å². The van der Waals surface area contributed by atoms with E-state index in [1.165, 1.54) is 4.68 Å². The average molecular weight is 418 g/mol. The summed E-state index contributed by atoms with van der Waals surface area (Å²) in [6.07, 6.45) is 0. The molecule has 10 heteroatoms. The predicted octanol–water partition coefficient (Wildman–Crippen LogP) is 1.46. The summed E-state index contributed by atoms with van der Waals surface area (Å²) in [5.74, 6) is 0.337. The third kappa shape index (κ3) is 5.08. The second-order valence-electron chi connectivity index (χ2n) is 6.22. The highest BCUT2D eigenvalue weighted by Gasteiger charge is 2.27. The van der Waals surface area contributed by atoms with Gasteiger partial charge in [-0.15, -0.1) is 0 Å². The fraction of sp³-hybridized carbons (Fsp3) is 0.368. The maximum absolute atomic E-state index is 12.4. The third-order valence-corrected chi connectivity index (χ3v) is 5.22. The van der Waals surface area contributed by atoms with E-state index in [0.717, 1.165) is 22.6 Å². The molecule has 154 valence electrons. The van der Waals surface area contributed by atoms with Gasteiger partial charge in [0.25, 0.3) is 0 Å². The van der Waals surface area contributed by atoms with Crippen LogP contribution in [0.3, 0.4) is 0 Å². The van der Waals surface area contributed by atoms with E-state index in [4.69, 9.17) is 9.47 Å². The van der Waals surface area contributed by atoms with Gasteiger partial charge in [0, 0.05) is 23.6 Å². The fourth-order valence-electron chi connectivity index (χ4n) is 2.81. The van der Waals surface area contributed by atoms with E-state index in [0.29, 0.717) is 23.9 Å². The first-order valence-corrected chi connectivity index (χ1v) is 10.2. The number of hydrogen-bond donors (Lipinski definition) is 2. The first-order valence-electron chi connectivity index (χ1n) is 9.05. The van der Waals surface area contributed by atoms with Gasteiger partial charge >= 0.3 is 11.9 Å². The third-order valence-electron chi connectivity index (χ3n) is 4.25. The van der Waals surface area contributed by atoms with Gasteiger partial charge in [-0.2, -0.15) is 16.9 Å². The number of aromatic nitrogens is 2. The second kappa shape index (κ2) is 9.46. The molecule has 1 aromatic heterocycles. The van der Waals surface area contributed by atoms with Gasteiger partial charge in [0.15, 0.2) is 0 Å². The Morgan fingerprint density at radius 2 is 1.97 bits per heavy atom. The van der Waals surface area contributed by atoms with Crippen LogP contribution in [-0.2, 0) is 43.7 Å². The number of carbonyl (C=O) groups is 3. The van der Waals surface area contributed by atoms with Crippen molar-refractivity contribution >= 4 is 35.4 Å². The Hall–Kier alpha value is -3.01. The molecule has 2 heterocycles. The monoisotopic (exact) mass is 418 g/mol. The van der Waals surface area contributed by atoms with Crippen molar-refractivity contribution in [2.45, 2.75) is 31.5 Å². The molecular formula is C19H22N4O5S. The molecule has 2 amide bonds. The molecule has 0 saturated carbocycles. The summed E-state index contributed by atoms with van der Waals surface area (Å²) >= 11 is 1.65. The molecule has 0 aliphatic carbocycles. The Bertz CT molecular complexity index is 910. The number of benzene rings is 1. The number of rotatable bonds is 7. The van der Waals surface area contributed by atoms with Crippen LogP contribution in [0.15, 0.2) is 24.3 Å². The quantitative estimate of drug-likeness (QED) is 0.517. The molecule has 3 rings (SSSR count). The first kappa shape index (κ1) is 20.7. The molecule has 0 atom stereocenters. The van der Waals surface area contributed by atoms with E-state index < -0.39 is 11.9 Å². The largest absolute Gasteiger partial charge is 0.497 e. The Morgan fingerprint density at radius 1 is 1.21 bits per heavy atom. The Kier molecular flexibility index (Phi) is 6.76. The maximum atomic E-state index is 12.4. The molecule has 1 aliphatic rings. The number of fused-ring (bicyclic) bond motifs is 1. The topological polar surface area (TPSA) is 112 Å². The highest BCUT2D eigenvalue weighted by molar-refractivity contribution is 7.98. The lowest BCUT2D eigenvalue weighted by atomic mass is 10.2. The molecule has 2 aromatic rings. The molecule has 1 aliphatic heterocycles. The zero-order valence-corrected chi connectivity index (χ0v) is 17.0. The predicted molar refractivity (Wildman–Crippen MR) is 107 cm³/mol. The van der Waals surface area contributed by atoms with E-state index in [1.54, 1.807) is 25.8 Å². The summed E-state index contributed by atoms with van der Waals surface area (Å²) in [5, 5.41) is 9.79. The molecule has 0 radical (unpaired) electrons. The van der Waals surface area contributed by atoms with Crippen molar-refractivity contribution in [2.24, 2.45) is 0 Å². The highest BCUT2D eigenvalue weighted by atomic mass is 32.2. The molecule has 0 spiro atoms. The van der Waals surface area contributed by atoms with E-state index in [1.807, 2.05) is 24.3 Å². The van der Waals surface area contributed by atoms with Crippen LogP contribution in [0.25, 0.3) is 0 Å². The van der Waals surface area contributed by atoms with Crippen molar-refractivity contribution in [1.29, 1.82) is 0 Å². The van der Waals surface area contributed by atoms with Gasteiger partial charge in [-0.3, -0.25) is 9.59 Å². The molecule has 1 aromatic carbocycles. The van der Waals surface area contributed by atoms with Crippen LogP contribution in [0, 0.1) is 0 Å². The molecule has 0 unspecified atom stereocenters. The van der Waals surface area contributed by atoms with E-state index in [-0.39, 0.29) is 19.1 Å². The summed E-state index contributed by atoms with van der Waals surface area (Å²) in [7, 11) is 1.59. The van der Waals surface area contributed by atoms with E-state index in [9.17, 15) is 14.4 Å². The van der Waals surface area contributed by atoms with Gasteiger partial charge in [0.2, 0.25) is 5.91 Å². The average Bonchev–Trinajstić information content (AvgIpc) is 3.29. The van der Waals surface area contributed by atoms with Gasteiger partial charge in [0.05, 0.1) is 19.4 Å². The minimum Gasteiger partial charge on any atom is -0.497 e. The number of ether oxygens (including phenoxy) is 2. The molecule has 9 nitrogen and oxygen atoms in total. The van der Waals surface area contributed by atoms with Gasteiger partial charge in [-0.05, 0) is 24.6 Å². The van der Waals surface area contributed by atoms with Crippen LogP contribution >= 0.6 is 11.8 Å². The standard InChI is InChI=1S/C19H22N4O5S/c1-3-28-19(26)18(25)21-17-14-10-29-11-15(14)22-23(17)9-16(24)20-8-12-4-6-13(27-2)7-5-12/h4-7H,3,8-11H2,1-2H3,(H,20,24)(H,21,25). The van der Waals surface area contributed by atoms with E-state index in [2.05, 4.69) is 15.7 Å². The highest BCUT2D eigenvalue weighted by Crippen LogP contribution is 2.34. The van der Waals surface area contributed by atoms with Crippen molar-refractivity contribution in [2.75, 3.05) is 19.0 Å². The summed E-state index contributed by atoms with van der Waals surface area (Å²) < 4.78 is 11.3. The minimum absolute atomic E-state index is 0.0771. The van der Waals surface area contributed by atoms with E-state index >= 15 is 0 Å². The molecule has 29 heavy (non-hydrogen) atoms. The number of esters is 1. The van der Waals surface area contributed by atoms with Crippen LogP contribution in [0.2, 0.25) is 0 Å². The normalized spacial score (nSPS) is 12.2. The summed E-state index contributed by atoms with van der Waals surface area (Å²) in [6, 6.07) is 7.37. The zero-order chi connectivity index (χ0) is 20.8. The number of nitrogens with zero attached hydrogens (tertiary/aromatic N) is 2. The van der Waals surface area contributed by atoms with Crippen molar-refractivity contribution in [3.63, 3.8) is 0 Å². The van der Waals surface area contributed by atoms with Crippen LogP contribution in [-0.4, -0.2) is 41.3 Å². The van der Waals surface area contributed by atoms with Crippen LogP contribution < -0.4 is 15.4 Å². The van der Waals surface area contributed by atoms with Crippen molar-refractivity contribution < 1.29 is 23.9 Å². The SMILES string of the molecule is CCOC(=O)C(=O)Nc1c2c(nn1CC(=O)NCc1ccc(OC)cc1)CSC2. The molecule has 0 bridgehead atoms. The number of nitrogens with one attached hydrogen (secondary N) is 2. The molecule has 2 N–H and O–H groups in total. The Morgan fingerprint density at radius 3 is 2.66 bits per heavy atom.